The Labute approximate surface area is 251 Å². The number of rotatable bonds is 5. The van der Waals surface area contributed by atoms with Crippen LogP contribution in [0.15, 0.2) is 24.8 Å². The predicted molar refractivity (Wildman–Crippen MR) is 156 cm³/mol. The van der Waals surface area contributed by atoms with Crippen LogP contribution in [-0.2, 0) is 9.53 Å². The van der Waals surface area contributed by atoms with Crippen LogP contribution in [0.25, 0.3) is 5.65 Å². The van der Waals surface area contributed by atoms with Crippen molar-refractivity contribution in [1.29, 1.82) is 0 Å². The van der Waals surface area contributed by atoms with Gasteiger partial charge in [0.1, 0.15) is 11.3 Å². The van der Waals surface area contributed by atoms with Crippen molar-refractivity contribution in [2.75, 3.05) is 55.3 Å². The molecule has 12 nitrogen and oxygen atoms in total. The number of hydrogen-bond donors (Lipinski definition) is 2. The average Bonchev–Trinajstić information content (AvgIpc) is 3.24. The van der Waals surface area contributed by atoms with Crippen LogP contribution in [0.4, 0.5) is 26.0 Å². The minimum atomic E-state index is -1.50. The molecule has 3 N–H and O–H groups in total. The van der Waals surface area contributed by atoms with E-state index in [4.69, 9.17) is 41.9 Å². The van der Waals surface area contributed by atoms with E-state index < -0.39 is 34.1 Å². The number of fused-ring (bicyclic) bond motifs is 1. The van der Waals surface area contributed by atoms with E-state index in [-0.39, 0.29) is 66.5 Å². The summed E-state index contributed by atoms with van der Waals surface area (Å²) in [5.41, 5.74) is 6.00. The highest BCUT2D eigenvalue weighted by Gasteiger charge is 2.48. The minimum absolute atomic E-state index is 0.0263. The molecule has 6 rings (SSSR count). The molecule has 0 aliphatic carbocycles. The number of nitrogens with two attached hydrogens (primary N) is 1. The summed E-state index contributed by atoms with van der Waals surface area (Å²) in [7, 11) is 25.6. The molecule has 3 aliphatic heterocycles. The number of carbonyl (C=O) groups excluding carboxylic acids is 2. The maximum Gasteiger partial charge on any atom is 0.263 e. The minimum Gasteiger partial charge on any atom is -0.381 e. The molecule has 3 saturated heterocycles. The highest BCUT2D eigenvalue weighted by atomic mass is 19.1. The summed E-state index contributed by atoms with van der Waals surface area (Å²) in [5.74, 6) is -3.01. The number of nitrogens with one attached hydrogen (secondary N) is 1. The Morgan fingerprint density at radius 1 is 1.05 bits per heavy atom. The summed E-state index contributed by atoms with van der Waals surface area (Å²) in [5, 5.41) is 3.71. The molecule has 0 bridgehead atoms. The van der Waals surface area contributed by atoms with Crippen LogP contribution in [0.1, 0.15) is 23.2 Å². The molecule has 0 unspecified atom stereocenters. The molecular weight excluding hydrogens is 556 g/mol. The Kier molecular flexibility index (Phi) is 7.40. The van der Waals surface area contributed by atoms with Gasteiger partial charge in [-0.15, -0.1) is 5.10 Å². The van der Waals surface area contributed by atoms with Crippen LogP contribution >= 0.6 is 0 Å². The van der Waals surface area contributed by atoms with Crippen LogP contribution in [0, 0.1) is 17.6 Å². The number of hydrogen-bond acceptors (Lipinski definition) is 9. The van der Waals surface area contributed by atoms with Gasteiger partial charge in [-0.1, -0.05) is 0 Å². The lowest BCUT2D eigenvalue weighted by Gasteiger charge is -2.60. The van der Waals surface area contributed by atoms with E-state index in [1.807, 2.05) is 0 Å². The van der Waals surface area contributed by atoms with Crippen molar-refractivity contribution in [3.05, 3.63) is 42.0 Å². The van der Waals surface area contributed by atoms with Crippen molar-refractivity contribution >= 4 is 66.0 Å². The number of ether oxygens (including phenoxy) is 1. The highest BCUT2D eigenvalue weighted by molar-refractivity contribution is 6.43. The van der Waals surface area contributed by atoms with E-state index in [1.54, 1.807) is 9.80 Å². The van der Waals surface area contributed by atoms with Crippen molar-refractivity contribution in [3.63, 3.8) is 0 Å². The Morgan fingerprint density at radius 3 is 2.44 bits per heavy atom. The molecule has 3 fully saturated rings. The lowest BCUT2D eigenvalue weighted by Crippen LogP contribution is -2.77. The predicted octanol–water partition coefficient (Wildman–Crippen LogP) is -1.02. The zero-order chi connectivity index (χ0) is 30.7. The smallest absolute Gasteiger partial charge is 0.263 e. The first kappa shape index (κ1) is 29.4. The van der Waals surface area contributed by atoms with E-state index in [2.05, 4.69) is 20.4 Å². The first-order chi connectivity index (χ1) is 20.4. The zero-order valence-corrected chi connectivity index (χ0v) is 23.1. The Balaban J connectivity index is 1.16. The first-order valence-corrected chi connectivity index (χ1v) is 13.7. The van der Waals surface area contributed by atoms with E-state index in [1.165, 1.54) is 11.1 Å². The number of piperidine rings is 1. The van der Waals surface area contributed by atoms with Gasteiger partial charge in [0.25, 0.3) is 5.91 Å². The van der Waals surface area contributed by atoms with E-state index in [0.29, 0.717) is 26.1 Å². The summed E-state index contributed by atoms with van der Waals surface area (Å²) in [4.78, 5) is 39.4. The molecule has 0 atom stereocenters. The van der Waals surface area contributed by atoms with E-state index in [9.17, 15) is 14.0 Å². The molecule has 8 radical (unpaired) electrons. The van der Waals surface area contributed by atoms with Gasteiger partial charge < -0.3 is 30.5 Å². The quantitative estimate of drug-likeness (QED) is 0.364. The lowest BCUT2D eigenvalue weighted by atomic mass is 9.51. The van der Waals surface area contributed by atoms with Crippen LogP contribution in [-0.4, -0.2) is 129 Å². The van der Waals surface area contributed by atoms with Crippen molar-refractivity contribution in [3.8, 4) is 0 Å². The van der Waals surface area contributed by atoms with Crippen LogP contribution in [0.3, 0.4) is 0 Å². The van der Waals surface area contributed by atoms with Gasteiger partial charge in [-0.05, 0) is 23.5 Å². The second-order valence-corrected chi connectivity index (χ2v) is 11.3. The van der Waals surface area contributed by atoms with Crippen LogP contribution < -0.4 is 16.0 Å². The molecule has 2 amide bonds. The van der Waals surface area contributed by atoms with Crippen molar-refractivity contribution in [1.82, 2.24) is 29.4 Å². The monoisotopic (exact) mass is 581 g/mol. The zero-order valence-electron chi connectivity index (χ0n) is 23.1. The Hall–Kier alpha value is -3.65. The summed E-state index contributed by atoms with van der Waals surface area (Å²) in [6, 6.07) is -0.0320. The average molecular weight is 581 g/mol. The van der Waals surface area contributed by atoms with Gasteiger partial charge in [0.05, 0.1) is 81.1 Å². The summed E-state index contributed by atoms with van der Waals surface area (Å²) < 4.78 is 35.0. The van der Waals surface area contributed by atoms with Crippen molar-refractivity contribution in [2.45, 2.75) is 29.6 Å². The largest absolute Gasteiger partial charge is 0.381 e. The number of amides is 2. The van der Waals surface area contributed by atoms with Gasteiger partial charge in [-0.25, -0.2) is 18.3 Å². The van der Waals surface area contributed by atoms with Gasteiger partial charge in [-0.2, -0.15) is 0 Å². The normalized spacial score (nSPS) is 21.1. The molecule has 43 heavy (non-hydrogen) atoms. The van der Waals surface area contributed by atoms with Crippen molar-refractivity contribution < 1.29 is 23.1 Å². The van der Waals surface area contributed by atoms with Crippen LogP contribution in [0.5, 0.6) is 0 Å². The van der Waals surface area contributed by atoms with Gasteiger partial charge in [-0.3, -0.25) is 14.6 Å². The third kappa shape index (κ3) is 5.35. The number of anilines is 3. The second kappa shape index (κ2) is 10.8. The third-order valence-electron chi connectivity index (χ3n) is 8.18. The number of aromatic nitrogens is 4. The first-order valence-electron chi connectivity index (χ1n) is 13.7. The fourth-order valence-corrected chi connectivity index (χ4v) is 5.90. The standard InChI is InChI=1S/C25H25B4F2N9O3/c26-24(27)12-39(25(28,29)11-38(24)15-9-43-10-15)23(42)13-1-3-37(4-2-13)19-16(31)6-33-7-17(19)35-22(41)18-20(32)36-40-8-14(30)5-34-21(18)40/h5-8,13,15H,1-4,9-12H2,(H2,32,36)(H,35,41). The number of piperazine rings is 1. The van der Waals surface area contributed by atoms with Crippen molar-refractivity contribution in [2.24, 2.45) is 5.92 Å². The Morgan fingerprint density at radius 2 is 1.77 bits per heavy atom. The second-order valence-electron chi connectivity index (χ2n) is 11.3. The Bertz CT molecular complexity index is 1580. The maximum absolute atomic E-state index is 15.2. The summed E-state index contributed by atoms with van der Waals surface area (Å²) in [6.07, 6.45) is 4.98. The molecule has 0 aromatic carbocycles. The fourth-order valence-electron chi connectivity index (χ4n) is 5.90. The molecule has 0 spiro atoms. The molecular formula is C25H25B4F2N9O3. The molecule has 0 saturated carbocycles. The van der Waals surface area contributed by atoms with Gasteiger partial charge in [0, 0.05) is 32.1 Å². The third-order valence-corrected chi connectivity index (χ3v) is 8.18. The van der Waals surface area contributed by atoms with Gasteiger partial charge >= 0.3 is 0 Å². The molecule has 3 aromatic heterocycles. The summed E-state index contributed by atoms with van der Waals surface area (Å²) in [6.45, 7) is 1.46. The van der Waals surface area contributed by atoms with E-state index >= 15 is 4.39 Å². The lowest BCUT2D eigenvalue weighted by molar-refractivity contribution is -0.147. The van der Waals surface area contributed by atoms with Crippen LogP contribution in [0.2, 0.25) is 0 Å². The topological polar surface area (TPSA) is 134 Å². The highest BCUT2D eigenvalue weighted by Crippen LogP contribution is 2.35. The number of carbonyl (C=O) groups is 2. The fraction of sp³-hybridized carbons (Fsp3) is 0.480. The summed E-state index contributed by atoms with van der Waals surface area (Å²) >= 11 is 0. The molecule has 214 valence electrons. The van der Waals surface area contributed by atoms with Gasteiger partial charge in [0.2, 0.25) is 5.91 Å². The molecule has 18 heteroatoms. The number of nitrogen functional groups attached to an aromatic ring is 1. The molecule has 6 heterocycles. The van der Waals surface area contributed by atoms with Gasteiger partial charge in [0.15, 0.2) is 23.1 Å². The number of nitrogens with zero attached hydrogens (tertiary/aromatic N) is 7. The number of halogens is 2. The molecule has 3 aliphatic rings. The maximum atomic E-state index is 15.2. The van der Waals surface area contributed by atoms with E-state index in [0.717, 1.165) is 23.1 Å². The number of pyridine rings is 1. The SMILES string of the molecule is [B]C1([B])CN(C2COC2)C([B])([B])CN1C(=O)C1CCN(c2c(F)cncc2NC(=O)c2c(N)nn3cc(F)cnc23)CC1. The molecule has 3 aromatic rings.